The van der Waals surface area contributed by atoms with Gasteiger partial charge in [0, 0.05) is 13.6 Å². The molecule has 0 aliphatic carbocycles. The first-order valence-corrected chi connectivity index (χ1v) is 6.15. The van der Waals surface area contributed by atoms with E-state index in [9.17, 15) is 0 Å². The third-order valence-corrected chi connectivity index (χ3v) is 3.31. The van der Waals surface area contributed by atoms with Crippen molar-refractivity contribution >= 4 is 17.2 Å². The van der Waals surface area contributed by atoms with Crippen LogP contribution >= 0.6 is 11.3 Å². The number of aromatic nitrogens is 1. The highest BCUT2D eigenvalue weighted by atomic mass is 32.1. The molecule has 0 aliphatic rings. The summed E-state index contributed by atoms with van der Waals surface area (Å²) in [5.41, 5.74) is 1.21. The maximum absolute atomic E-state index is 9.04. The van der Waals surface area contributed by atoms with Gasteiger partial charge in [-0.05, 0) is 12.5 Å². The van der Waals surface area contributed by atoms with E-state index in [1.165, 1.54) is 16.9 Å². The molecule has 0 spiro atoms. The van der Waals surface area contributed by atoms with Crippen LogP contribution < -0.4 is 4.90 Å². The van der Waals surface area contributed by atoms with E-state index in [-0.39, 0.29) is 0 Å². The average Bonchev–Trinajstić information content (AvgIpc) is 2.72. The Labute approximate surface area is 105 Å². The van der Waals surface area contributed by atoms with Crippen molar-refractivity contribution in [3.8, 4) is 6.07 Å². The number of anilines is 1. The summed E-state index contributed by atoms with van der Waals surface area (Å²) in [5, 5.41) is 9.97. The predicted octanol–water partition coefficient (Wildman–Crippen LogP) is 2.96. The first-order chi connectivity index (χ1) is 8.20. The molecule has 0 atom stereocenters. The Morgan fingerprint density at radius 3 is 2.71 bits per heavy atom. The minimum absolute atomic E-state index is 0.681. The molecule has 0 amide bonds. The molecule has 1 aromatic heterocycles. The quantitative estimate of drug-likeness (QED) is 0.832. The van der Waals surface area contributed by atoms with Gasteiger partial charge in [-0.15, -0.1) is 11.3 Å². The Bertz CT molecular complexity index is 540. The summed E-state index contributed by atoms with van der Waals surface area (Å²) in [6.45, 7) is 2.68. The lowest BCUT2D eigenvalue weighted by Gasteiger charge is -2.16. The fourth-order valence-electron chi connectivity index (χ4n) is 1.68. The number of hydrogen-bond donors (Lipinski definition) is 0. The second-order valence-corrected chi connectivity index (χ2v) is 5.04. The number of benzene rings is 1. The Morgan fingerprint density at radius 1 is 1.35 bits per heavy atom. The molecule has 3 nitrogen and oxygen atoms in total. The van der Waals surface area contributed by atoms with Gasteiger partial charge in [0.25, 0.3) is 0 Å². The summed E-state index contributed by atoms with van der Waals surface area (Å²) in [5.74, 6) is 0.777. The normalized spacial score (nSPS) is 9.94. The molecule has 0 N–H and O–H groups in total. The van der Waals surface area contributed by atoms with Crippen molar-refractivity contribution < 1.29 is 0 Å². The van der Waals surface area contributed by atoms with E-state index >= 15 is 0 Å². The third kappa shape index (κ3) is 2.63. The fraction of sp³-hybridized carbons (Fsp3) is 0.231. The number of aryl methyl sites for hydroxylation is 1. The monoisotopic (exact) mass is 243 g/mol. The van der Waals surface area contributed by atoms with E-state index in [0.717, 1.165) is 17.4 Å². The molecule has 1 heterocycles. The van der Waals surface area contributed by atoms with Crippen LogP contribution in [0.5, 0.6) is 0 Å². The van der Waals surface area contributed by atoms with Gasteiger partial charge in [-0.25, -0.2) is 4.98 Å². The van der Waals surface area contributed by atoms with Crippen molar-refractivity contribution in [1.82, 2.24) is 4.98 Å². The summed E-state index contributed by atoms with van der Waals surface area (Å²) in [6, 6.07) is 12.4. The van der Waals surface area contributed by atoms with Crippen LogP contribution in [0.15, 0.2) is 30.3 Å². The van der Waals surface area contributed by atoms with Gasteiger partial charge in [0.2, 0.25) is 0 Å². The lowest BCUT2D eigenvalue weighted by atomic mass is 10.2. The second-order valence-electron chi connectivity index (χ2n) is 3.84. The molecule has 2 aromatic rings. The fourth-order valence-corrected chi connectivity index (χ4v) is 2.45. The van der Waals surface area contributed by atoms with Crippen LogP contribution in [-0.4, -0.2) is 12.0 Å². The molecule has 0 bridgehead atoms. The zero-order valence-electron chi connectivity index (χ0n) is 9.84. The maximum Gasteiger partial charge on any atom is 0.158 e. The number of rotatable bonds is 3. The molecule has 0 fully saturated rings. The number of nitriles is 1. The van der Waals surface area contributed by atoms with Crippen molar-refractivity contribution in [2.24, 2.45) is 0 Å². The Balaban J connectivity index is 2.20. The lowest BCUT2D eigenvalue weighted by Crippen LogP contribution is -2.17. The minimum Gasteiger partial charge on any atom is -0.354 e. The maximum atomic E-state index is 9.04. The molecule has 0 saturated carbocycles. The smallest absolute Gasteiger partial charge is 0.158 e. The molecule has 0 aliphatic heterocycles. The molecular weight excluding hydrogens is 230 g/mol. The highest BCUT2D eigenvalue weighted by molar-refractivity contribution is 7.12. The molecule has 1 aromatic carbocycles. The van der Waals surface area contributed by atoms with Crippen LogP contribution in [-0.2, 0) is 6.54 Å². The first kappa shape index (κ1) is 11.6. The van der Waals surface area contributed by atoms with Gasteiger partial charge < -0.3 is 4.90 Å². The first-order valence-electron chi connectivity index (χ1n) is 5.33. The number of nitrogens with zero attached hydrogens (tertiary/aromatic N) is 3. The van der Waals surface area contributed by atoms with Crippen molar-refractivity contribution in [2.45, 2.75) is 13.5 Å². The summed E-state index contributed by atoms with van der Waals surface area (Å²) in [7, 11) is 1.96. The van der Waals surface area contributed by atoms with E-state index in [0.29, 0.717) is 4.88 Å². The van der Waals surface area contributed by atoms with Crippen LogP contribution in [0.2, 0.25) is 0 Å². The van der Waals surface area contributed by atoms with Crippen molar-refractivity contribution in [1.29, 1.82) is 5.26 Å². The van der Waals surface area contributed by atoms with Crippen LogP contribution in [0, 0.1) is 18.3 Å². The molecule has 4 heteroatoms. The zero-order valence-corrected chi connectivity index (χ0v) is 10.7. The van der Waals surface area contributed by atoms with Crippen LogP contribution in [0.3, 0.4) is 0 Å². The van der Waals surface area contributed by atoms with Crippen LogP contribution in [0.1, 0.15) is 15.4 Å². The van der Waals surface area contributed by atoms with E-state index in [4.69, 9.17) is 5.26 Å². The molecule has 2 rings (SSSR count). The van der Waals surface area contributed by atoms with Gasteiger partial charge in [0.1, 0.15) is 10.9 Å². The minimum atomic E-state index is 0.681. The van der Waals surface area contributed by atoms with Crippen molar-refractivity contribution in [3.63, 3.8) is 0 Å². The highest BCUT2D eigenvalue weighted by Gasteiger charge is 2.12. The molecular formula is C13H13N3S. The predicted molar refractivity (Wildman–Crippen MR) is 70.1 cm³/mol. The second kappa shape index (κ2) is 4.98. The van der Waals surface area contributed by atoms with E-state index in [1.54, 1.807) is 0 Å². The van der Waals surface area contributed by atoms with E-state index < -0.39 is 0 Å². The zero-order chi connectivity index (χ0) is 12.3. The highest BCUT2D eigenvalue weighted by Crippen LogP contribution is 2.25. The molecule has 17 heavy (non-hydrogen) atoms. The Hall–Kier alpha value is -1.86. The van der Waals surface area contributed by atoms with Gasteiger partial charge >= 0.3 is 0 Å². The Morgan fingerprint density at radius 2 is 2.06 bits per heavy atom. The molecule has 0 unspecified atom stereocenters. The van der Waals surface area contributed by atoms with Crippen LogP contribution in [0.4, 0.5) is 5.82 Å². The number of hydrogen-bond acceptors (Lipinski definition) is 4. The lowest BCUT2D eigenvalue weighted by molar-refractivity contribution is 0.899. The van der Waals surface area contributed by atoms with Gasteiger partial charge in [0.15, 0.2) is 5.82 Å². The Kier molecular flexibility index (Phi) is 3.40. The SMILES string of the molecule is Cc1nc(N(C)Cc2ccccc2)c(C#N)s1. The average molecular weight is 243 g/mol. The molecule has 0 saturated heterocycles. The van der Waals surface area contributed by atoms with Gasteiger partial charge in [-0.2, -0.15) is 5.26 Å². The summed E-state index contributed by atoms with van der Waals surface area (Å²) < 4.78 is 0. The summed E-state index contributed by atoms with van der Waals surface area (Å²) >= 11 is 1.44. The van der Waals surface area contributed by atoms with Gasteiger partial charge in [0.05, 0.1) is 5.01 Å². The largest absolute Gasteiger partial charge is 0.354 e. The standard InChI is InChI=1S/C13H13N3S/c1-10-15-13(12(8-14)17-10)16(2)9-11-6-4-3-5-7-11/h3-7H,9H2,1-2H3. The molecule has 0 radical (unpaired) electrons. The summed E-state index contributed by atoms with van der Waals surface area (Å²) in [6.07, 6.45) is 0. The van der Waals surface area contributed by atoms with Gasteiger partial charge in [-0.1, -0.05) is 30.3 Å². The topological polar surface area (TPSA) is 39.9 Å². The van der Waals surface area contributed by atoms with Crippen LogP contribution in [0.25, 0.3) is 0 Å². The third-order valence-electron chi connectivity index (χ3n) is 2.44. The van der Waals surface area contributed by atoms with Crippen molar-refractivity contribution in [2.75, 3.05) is 11.9 Å². The van der Waals surface area contributed by atoms with Gasteiger partial charge in [-0.3, -0.25) is 0 Å². The van der Waals surface area contributed by atoms with Crippen molar-refractivity contribution in [3.05, 3.63) is 45.8 Å². The number of thiazole rings is 1. The molecule has 86 valence electrons. The summed E-state index contributed by atoms with van der Waals surface area (Å²) in [4.78, 5) is 7.09. The van der Waals surface area contributed by atoms with E-state index in [2.05, 4.69) is 23.2 Å². The van der Waals surface area contributed by atoms with E-state index in [1.807, 2.05) is 37.1 Å².